The van der Waals surface area contributed by atoms with Crippen LogP contribution in [-0.2, 0) is 0 Å². The highest BCUT2D eigenvalue weighted by molar-refractivity contribution is 5.89. The standard InChI is InChI=1S/C40H35N9/c1-45-39(46-2)37(30-17-11-8-12-18-30)34(26-42)22-14-20-32-24-23-31(38(32)47-40(48(3)4)49(5)6)19-13-21-33(25-41)36(35(27-43)28-44)29-15-9-7-10-16-29/h7-22,27,35,43H,23-24H2,3-6H3/b20-14+,21-13+,31-19+,34-22+,36-33-,43-27?. The number of nitriles is 3. The number of guanidine groups is 1. The van der Waals surface area contributed by atoms with Gasteiger partial charge in [-0.3, -0.25) is 0 Å². The quantitative estimate of drug-likeness (QED) is 0.0927. The Morgan fingerprint density at radius 1 is 0.878 bits per heavy atom. The molecular formula is C40H35N9. The molecule has 240 valence electrons. The maximum atomic E-state index is 10.1. The van der Waals surface area contributed by atoms with Crippen molar-refractivity contribution in [2.75, 3.05) is 28.2 Å². The molecule has 0 amide bonds. The summed E-state index contributed by atoms with van der Waals surface area (Å²) in [5, 5.41) is 37.7. The minimum Gasteiger partial charge on any atom is -0.349 e. The number of aliphatic imine (C=N–C) groups is 1. The van der Waals surface area contributed by atoms with E-state index in [0.717, 1.165) is 23.1 Å². The maximum Gasteiger partial charge on any atom is 0.528 e. The predicted molar refractivity (Wildman–Crippen MR) is 195 cm³/mol. The van der Waals surface area contributed by atoms with E-state index in [-0.39, 0.29) is 22.5 Å². The van der Waals surface area contributed by atoms with Gasteiger partial charge >= 0.3 is 5.82 Å². The van der Waals surface area contributed by atoms with Gasteiger partial charge in [-0.2, -0.15) is 25.5 Å². The van der Waals surface area contributed by atoms with Gasteiger partial charge in [0.05, 0.1) is 40.6 Å². The van der Waals surface area contributed by atoms with E-state index in [1.54, 1.807) is 48.6 Å². The van der Waals surface area contributed by atoms with Gasteiger partial charge in [-0.05, 0) is 52.8 Å². The fourth-order valence-corrected chi connectivity index (χ4v) is 5.22. The van der Waals surface area contributed by atoms with Gasteiger partial charge < -0.3 is 15.2 Å². The first-order valence-corrected chi connectivity index (χ1v) is 15.2. The average Bonchev–Trinajstić information content (AvgIpc) is 3.50. The summed E-state index contributed by atoms with van der Waals surface area (Å²) < 4.78 is 0. The van der Waals surface area contributed by atoms with E-state index in [4.69, 9.17) is 23.5 Å². The Balaban J connectivity index is 2.17. The van der Waals surface area contributed by atoms with Crippen molar-refractivity contribution in [3.05, 3.63) is 165 Å². The molecule has 1 aliphatic rings. The summed E-state index contributed by atoms with van der Waals surface area (Å²) in [4.78, 5) is 15.6. The molecule has 1 N–H and O–H groups in total. The van der Waals surface area contributed by atoms with Crippen molar-refractivity contribution in [3.8, 4) is 18.2 Å². The summed E-state index contributed by atoms with van der Waals surface area (Å²) in [5.74, 6) is -0.352. The van der Waals surface area contributed by atoms with Crippen molar-refractivity contribution in [2.24, 2.45) is 10.9 Å². The van der Waals surface area contributed by atoms with Gasteiger partial charge in [0.1, 0.15) is 19.1 Å². The molecule has 1 aliphatic carbocycles. The first-order chi connectivity index (χ1) is 23.7. The Labute approximate surface area is 288 Å². The first kappa shape index (κ1) is 36.5. The topological polar surface area (TPSA) is 123 Å². The Morgan fingerprint density at radius 2 is 1.49 bits per heavy atom. The molecule has 0 saturated carbocycles. The number of hydrogen-bond acceptors (Lipinski definition) is 5. The molecule has 49 heavy (non-hydrogen) atoms. The predicted octanol–water partition coefficient (Wildman–Crippen LogP) is 7.98. The highest BCUT2D eigenvalue weighted by Gasteiger charge is 2.22. The summed E-state index contributed by atoms with van der Waals surface area (Å²) in [5.41, 5.74) is 5.11. The van der Waals surface area contributed by atoms with Crippen molar-refractivity contribution in [2.45, 2.75) is 12.8 Å². The second kappa shape index (κ2) is 18.2. The van der Waals surface area contributed by atoms with Gasteiger partial charge in [0.15, 0.2) is 0 Å². The van der Waals surface area contributed by atoms with Crippen LogP contribution in [0.2, 0.25) is 0 Å². The van der Waals surface area contributed by atoms with Crippen LogP contribution in [0.1, 0.15) is 24.0 Å². The monoisotopic (exact) mass is 641 g/mol. The van der Waals surface area contributed by atoms with E-state index >= 15 is 0 Å². The summed E-state index contributed by atoms with van der Waals surface area (Å²) in [6.07, 6.45) is 12.9. The van der Waals surface area contributed by atoms with Crippen LogP contribution in [0.3, 0.4) is 0 Å². The molecule has 0 heterocycles. The smallest absolute Gasteiger partial charge is 0.349 e. The molecule has 0 radical (unpaired) electrons. The van der Waals surface area contributed by atoms with E-state index < -0.39 is 5.92 Å². The van der Waals surface area contributed by atoms with Crippen LogP contribution in [0.5, 0.6) is 0 Å². The van der Waals surface area contributed by atoms with Crippen LogP contribution in [0.4, 0.5) is 0 Å². The second-order valence-electron chi connectivity index (χ2n) is 11.0. The van der Waals surface area contributed by atoms with Gasteiger partial charge in [0.25, 0.3) is 0 Å². The molecule has 0 fully saturated rings. The zero-order valence-electron chi connectivity index (χ0n) is 27.9. The molecule has 2 aromatic carbocycles. The zero-order chi connectivity index (χ0) is 35.8. The van der Waals surface area contributed by atoms with Crippen molar-refractivity contribution in [1.29, 1.82) is 21.2 Å². The van der Waals surface area contributed by atoms with E-state index in [9.17, 15) is 15.8 Å². The van der Waals surface area contributed by atoms with Crippen molar-refractivity contribution in [1.82, 2.24) is 9.80 Å². The lowest BCUT2D eigenvalue weighted by molar-refractivity contribution is 0.483. The van der Waals surface area contributed by atoms with Crippen molar-refractivity contribution in [3.63, 3.8) is 0 Å². The molecular weight excluding hydrogens is 607 g/mol. The fourth-order valence-electron chi connectivity index (χ4n) is 5.22. The van der Waals surface area contributed by atoms with Crippen LogP contribution in [0.25, 0.3) is 20.8 Å². The molecule has 0 aromatic heterocycles. The number of allylic oxidation sites excluding steroid dienone is 12. The molecule has 9 heteroatoms. The zero-order valence-corrected chi connectivity index (χ0v) is 27.9. The van der Waals surface area contributed by atoms with Crippen molar-refractivity contribution >= 4 is 23.3 Å². The van der Waals surface area contributed by atoms with Gasteiger partial charge in [-0.25, -0.2) is 4.99 Å². The normalized spacial score (nSPS) is 14.5. The number of benzene rings is 2. The fraction of sp³-hybridized carbons (Fsp3) is 0.175. The SMILES string of the molecule is [C-]#[N+]C([N+]#[C-])=C(/C(C#N)=C/C=C/C1=C(N=C(N(C)C)N(C)C)C(=C/C=C/C(C#N)=C(\c2ccccc2)C(C#N)C=N)/CC1)c1ccccc1. The van der Waals surface area contributed by atoms with Crippen LogP contribution in [-0.4, -0.2) is 50.2 Å². The molecule has 1 unspecified atom stereocenters. The molecule has 9 nitrogen and oxygen atoms in total. The van der Waals surface area contributed by atoms with E-state index in [0.29, 0.717) is 35.5 Å². The van der Waals surface area contributed by atoms with Crippen molar-refractivity contribution < 1.29 is 0 Å². The molecule has 0 saturated heterocycles. The number of rotatable bonds is 10. The lowest BCUT2D eigenvalue weighted by atomic mass is 9.90. The van der Waals surface area contributed by atoms with Crippen LogP contribution in [0.15, 0.2) is 136 Å². The first-order valence-electron chi connectivity index (χ1n) is 15.2. The lowest BCUT2D eigenvalue weighted by Gasteiger charge is -2.23. The van der Waals surface area contributed by atoms with E-state index in [1.165, 1.54) is 0 Å². The molecule has 2 aromatic rings. The van der Waals surface area contributed by atoms with E-state index in [2.05, 4.69) is 27.9 Å². The van der Waals surface area contributed by atoms with Gasteiger partial charge in [-0.1, -0.05) is 85.0 Å². The summed E-state index contributed by atoms with van der Waals surface area (Å²) in [6.45, 7) is 15.0. The molecule has 3 rings (SSSR count). The largest absolute Gasteiger partial charge is 0.528 e. The van der Waals surface area contributed by atoms with Gasteiger partial charge in [-0.15, -0.1) is 0 Å². The third kappa shape index (κ3) is 9.28. The van der Waals surface area contributed by atoms with Crippen LogP contribution < -0.4 is 0 Å². The maximum absolute atomic E-state index is 10.1. The number of nitrogens with one attached hydrogen (secondary N) is 1. The second-order valence-corrected chi connectivity index (χ2v) is 11.0. The molecule has 0 bridgehead atoms. The Morgan fingerprint density at radius 3 is 2.00 bits per heavy atom. The van der Waals surface area contributed by atoms with Gasteiger partial charge in [0, 0.05) is 34.4 Å². The number of hydrogen-bond donors (Lipinski definition) is 1. The van der Waals surface area contributed by atoms with Crippen LogP contribution in [0, 0.1) is 58.5 Å². The highest BCUT2D eigenvalue weighted by atomic mass is 15.3. The summed E-state index contributed by atoms with van der Waals surface area (Å²) in [7, 11) is 7.62. The van der Waals surface area contributed by atoms with Gasteiger partial charge in [0.2, 0.25) is 5.96 Å². The molecule has 0 aliphatic heterocycles. The Hall–Kier alpha value is -6.99. The number of nitrogens with zero attached hydrogens (tertiary/aromatic N) is 8. The molecule has 0 spiro atoms. The van der Waals surface area contributed by atoms with Crippen LogP contribution >= 0.6 is 0 Å². The summed E-state index contributed by atoms with van der Waals surface area (Å²) >= 11 is 0. The summed E-state index contributed by atoms with van der Waals surface area (Å²) in [6, 6.07) is 24.6. The minimum atomic E-state index is -0.885. The van der Waals surface area contributed by atoms with E-state index in [1.807, 2.05) is 86.5 Å². The Kier molecular flexibility index (Phi) is 13.6. The molecule has 1 atom stereocenters. The Bertz CT molecular complexity index is 1990. The third-order valence-corrected chi connectivity index (χ3v) is 7.40. The third-order valence-electron chi connectivity index (χ3n) is 7.40. The average molecular weight is 642 g/mol. The minimum absolute atomic E-state index is 0.181. The lowest BCUT2D eigenvalue weighted by Crippen LogP contribution is -2.35. The highest BCUT2D eigenvalue weighted by Crippen LogP contribution is 2.35.